The van der Waals surface area contributed by atoms with E-state index in [0.717, 1.165) is 22.6 Å². The average molecular weight is 296 g/mol. The van der Waals surface area contributed by atoms with Gasteiger partial charge in [0.2, 0.25) is 0 Å². The molecule has 0 aliphatic carbocycles. The van der Waals surface area contributed by atoms with Gasteiger partial charge in [0.25, 0.3) is 0 Å². The highest BCUT2D eigenvalue weighted by molar-refractivity contribution is 5.95. The summed E-state index contributed by atoms with van der Waals surface area (Å²) >= 11 is 0. The quantitative estimate of drug-likeness (QED) is 0.695. The van der Waals surface area contributed by atoms with Crippen LogP contribution in [0.25, 0.3) is 16.9 Å². The van der Waals surface area contributed by atoms with E-state index < -0.39 is 5.97 Å². The molecule has 0 aliphatic rings. The molecule has 0 spiro atoms. The molecule has 0 N–H and O–H groups in total. The molecule has 112 valence electrons. The molecule has 0 bridgehead atoms. The van der Waals surface area contributed by atoms with Crippen molar-refractivity contribution in [3.05, 3.63) is 47.5 Å². The first-order valence-corrected chi connectivity index (χ1v) is 7.05. The molecule has 22 heavy (non-hydrogen) atoms. The number of pyridine rings is 1. The van der Waals surface area contributed by atoms with Crippen molar-refractivity contribution in [3.8, 4) is 11.3 Å². The van der Waals surface area contributed by atoms with Crippen molar-refractivity contribution in [3.63, 3.8) is 0 Å². The van der Waals surface area contributed by atoms with E-state index in [1.54, 1.807) is 17.6 Å². The number of esters is 1. The van der Waals surface area contributed by atoms with E-state index >= 15 is 0 Å². The number of aromatic nitrogens is 4. The summed E-state index contributed by atoms with van der Waals surface area (Å²) < 4.78 is 6.69. The van der Waals surface area contributed by atoms with Gasteiger partial charge in [-0.05, 0) is 39.0 Å². The molecule has 0 unspecified atom stereocenters. The number of hydrogen-bond donors (Lipinski definition) is 0. The smallest absolute Gasteiger partial charge is 0.343 e. The van der Waals surface area contributed by atoms with E-state index in [1.165, 1.54) is 6.20 Å². The van der Waals surface area contributed by atoms with Gasteiger partial charge in [0.1, 0.15) is 5.56 Å². The highest BCUT2D eigenvalue weighted by Gasteiger charge is 2.17. The van der Waals surface area contributed by atoms with Crippen molar-refractivity contribution >= 4 is 11.6 Å². The van der Waals surface area contributed by atoms with Crippen LogP contribution in [0.15, 0.2) is 30.6 Å². The fourth-order valence-electron chi connectivity index (χ4n) is 2.23. The van der Waals surface area contributed by atoms with Crippen molar-refractivity contribution in [1.82, 2.24) is 19.6 Å². The average Bonchev–Trinajstić information content (AvgIpc) is 2.92. The van der Waals surface area contributed by atoms with Crippen LogP contribution >= 0.6 is 0 Å². The number of rotatable bonds is 3. The summed E-state index contributed by atoms with van der Waals surface area (Å²) in [6, 6.07) is 5.81. The zero-order chi connectivity index (χ0) is 15.7. The fourth-order valence-corrected chi connectivity index (χ4v) is 2.23. The Morgan fingerprint density at radius 1 is 1.27 bits per heavy atom. The Balaban J connectivity index is 2.15. The summed E-state index contributed by atoms with van der Waals surface area (Å²) in [6.07, 6.45) is 3.26. The summed E-state index contributed by atoms with van der Waals surface area (Å²) in [5.74, 6) is -0.413. The molecule has 0 atom stereocenters. The maximum atomic E-state index is 12.0. The zero-order valence-corrected chi connectivity index (χ0v) is 12.7. The van der Waals surface area contributed by atoms with E-state index in [9.17, 15) is 4.79 Å². The van der Waals surface area contributed by atoms with Gasteiger partial charge in [-0.25, -0.2) is 14.3 Å². The number of carbonyl (C=O) groups excluding carboxylic acids is 1. The number of nitrogens with zero attached hydrogens (tertiary/aromatic N) is 4. The Morgan fingerprint density at radius 2 is 2.09 bits per heavy atom. The molecule has 0 saturated heterocycles. The molecule has 3 rings (SSSR count). The lowest BCUT2D eigenvalue weighted by atomic mass is 10.1. The Bertz CT molecular complexity index is 837. The third-order valence-electron chi connectivity index (χ3n) is 3.35. The molecule has 6 nitrogen and oxygen atoms in total. The van der Waals surface area contributed by atoms with Gasteiger partial charge in [0.05, 0.1) is 18.5 Å². The number of hydrogen-bond acceptors (Lipinski definition) is 5. The van der Waals surface area contributed by atoms with Crippen LogP contribution in [-0.4, -0.2) is 32.2 Å². The lowest BCUT2D eigenvalue weighted by molar-refractivity contribution is 0.0528. The third kappa shape index (κ3) is 2.43. The zero-order valence-electron chi connectivity index (χ0n) is 12.7. The highest BCUT2D eigenvalue weighted by Crippen LogP contribution is 2.21. The minimum atomic E-state index is -0.413. The molecular formula is C16H16N4O2. The van der Waals surface area contributed by atoms with Crippen molar-refractivity contribution in [2.75, 3.05) is 6.61 Å². The summed E-state index contributed by atoms with van der Waals surface area (Å²) in [7, 11) is 0. The Morgan fingerprint density at radius 3 is 2.77 bits per heavy atom. The first-order valence-electron chi connectivity index (χ1n) is 7.05. The molecule has 0 radical (unpaired) electrons. The minimum absolute atomic E-state index is 0.316. The molecule has 3 aromatic heterocycles. The first-order chi connectivity index (χ1) is 10.6. The summed E-state index contributed by atoms with van der Waals surface area (Å²) in [5.41, 5.74) is 4.34. The molecule has 0 saturated carbocycles. The van der Waals surface area contributed by atoms with Gasteiger partial charge in [-0.3, -0.25) is 4.98 Å². The number of carbonyl (C=O) groups is 1. The van der Waals surface area contributed by atoms with Crippen molar-refractivity contribution in [2.45, 2.75) is 20.8 Å². The minimum Gasteiger partial charge on any atom is -0.462 e. The van der Waals surface area contributed by atoms with Crippen LogP contribution in [0, 0.1) is 13.8 Å². The molecule has 0 fully saturated rings. The second-order valence-electron chi connectivity index (χ2n) is 4.99. The first kappa shape index (κ1) is 14.2. The standard InChI is InChI=1S/C16H16N4O2/c1-4-22-16(21)13-9-18-20-11(3)7-14(19-15(13)20)12-6-5-10(2)17-8-12/h5-9H,4H2,1-3H3. The summed E-state index contributed by atoms with van der Waals surface area (Å²) in [6.45, 7) is 5.94. The second kappa shape index (κ2) is 5.55. The maximum Gasteiger partial charge on any atom is 0.343 e. The van der Waals surface area contributed by atoms with Gasteiger partial charge in [-0.1, -0.05) is 0 Å². The number of ether oxygens (including phenoxy) is 1. The van der Waals surface area contributed by atoms with Gasteiger partial charge in [0.15, 0.2) is 5.65 Å². The van der Waals surface area contributed by atoms with Crippen molar-refractivity contribution in [2.24, 2.45) is 0 Å². The van der Waals surface area contributed by atoms with Crippen molar-refractivity contribution < 1.29 is 9.53 Å². The van der Waals surface area contributed by atoms with Crippen LogP contribution in [0.2, 0.25) is 0 Å². The third-order valence-corrected chi connectivity index (χ3v) is 3.35. The number of aryl methyl sites for hydroxylation is 2. The van der Waals surface area contributed by atoms with Crippen LogP contribution in [0.3, 0.4) is 0 Å². The van der Waals surface area contributed by atoms with Crippen molar-refractivity contribution in [1.29, 1.82) is 0 Å². The van der Waals surface area contributed by atoms with E-state index in [1.807, 2.05) is 32.0 Å². The lowest BCUT2D eigenvalue weighted by Gasteiger charge is -2.06. The molecule has 6 heteroatoms. The summed E-state index contributed by atoms with van der Waals surface area (Å²) in [5, 5.41) is 4.21. The normalized spacial score (nSPS) is 10.9. The fraction of sp³-hybridized carbons (Fsp3) is 0.250. The Labute approximate surface area is 127 Å². The van der Waals surface area contributed by atoms with Gasteiger partial charge in [0, 0.05) is 23.1 Å². The molecule has 3 aromatic rings. The van der Waals surface area contributed by atoms with E-state index in [-0.39, 0.29) is 0 Å². The predicted octanol–water partition coefficient (Wildman–Crippen LogP) is 2.58. The van der Waals surface area contributed by atoms with Crippen LogP contribution in [-0.2, 0) is 4.74 Å². The second-order valence-corrected chi connectivity index (χ2v) is 4.99. The monoisotopic (exact) mass is 296 g/mol. The maximum absolute atomic E-state index is 12.0. The topological polar surface area (TPSA) is 69.4 Å². The van der Waals surface area contributed by atoms with Gasteiger partial charge in [-0.15, -0.1) is 0 Å². The van der Waals surface area contributed by atoms with Gasteiger partial charge >= 0.3 is 5.97 Å². The van der Waals surface area contributed by atoms with Crippen LogP contribution in [0.1, 0.15) is 28.7 Å². The Kier molecular flexibility index (Phi) is 3.58. The van der Waals surface area contributed by atoms with E-state index in [0.29, 0.717) is 17.8 Å². The largest absolute Gasteiger partial charge is 0.462 e. The molecule has 3 heterocycles. The number of fused-ring (bicyclic) bond motifs is 1. The van der Waals surface area contributed by atoms with Crippen LogP contribution in [0.5, 0.6) is 0 Å². The SMILES string of the molecule is CCOC(=O)c1cnn2c(C)cc(-c3ccc(C)nc3)nc12. The Hall–Kier alpha value is -2.76. The molecular weight excluding hydrogens is 280 g/mol. The van der Waals surface area contributed by atoms with E-state index in [4.69, 9.17) is 4.74 Å². The predicted molar refractivity (Wildman–Crippen MR) is 81.6 cm³/mol. The van der Waals surface area contributed by atoms with Gasteiger partial charge < -0.3 is 4.74 Å². The van der Waals surface area contributed by atoms with Crippen LogP contribution in [0.4, 0.5) is 0 Å². The molecule has 0 amide bonds. The van der Waals surface area contributed by atoms with Gasteiger partial charge in [-0.2, -0.15) is 5.10 Å². The lowest BCUT2D eigenvalue weighted by Crippen LogP contribution is -2.06. The molecule has 0 aromatic carbocycles. The highest BCUT2D eigenvalue weighted by atomic mass is 16.5. The summed E-state index contributed by atoms with van der Waals surface area (Å²) in [4.78, 5) is 20.8. The molecule has 0 aliphatic heterocycles. The van der Waals surface area contributed by atoms with E-state index in [2.05, 4.69) is 15.1 Å². The van der Waals surface area contributed by atoms with Crippen LogP contribution < -0.4 is 0 Å².